The van der Waals surface area contributed by atoms with Gasteiger partial charge in [-0.25, -0.2) is 9.37 Å². The molecule has 1 amide bonds. The zero-order chi connectivity index (χ0) is 19.1. The molecule has 0 atom stereocenters. The number of halogens is 1. The van der Waals surface area contributed by atoms with Crippen molar-refractivity contribution in [2.24, 2.45) is 0 Å². The SMILES string of the molecule is CN(CCOc1ccccc1F)C(=O)CCc1ncc(-c2ccccc2)o1. The standard InChI is InChI=1S/C21H21FN2O3/c1-24(13-14-26-18-10-6-5-9-17(18)22)21(25)12-11-20-23-15-19(27-20)16-7-3-2-4-8-16/h2-10,15H,11-14H2,1H3. The lowest BCUT2D eigenvalue weighted by Crippen LogP contribution is -2.31. The predicted molar refractivity (Wildman–Crippen MR) is 99.8 cm³/mol. The number of rotatable bonds is 8. The molecule has 0 aliphatic rings. The van der Waals surface area contributed by atoms with Crippen molar-refractivity contribution in [2.45, 2.75) is 12.8 Å². The maximum Gasteiger partial charge on any atom is 0.222 e. The third-order valence-electron chi connectivity index (χ3n) is 4.11. The van der Waals surface area contributed by atoms with E-state index in [0.717, 1.165) is 5.56 Å². The largest absolute Gasteiger partial charge is 0.489 e. The molecule has 1 aromatic heterocycles. The second-order valence-electron chi connectivity index (χ2n) is 6.08. The van der Waals surface area contributed by atoms with E-state index in [1.165, 1.54) is 6.07 Å². The summed E-state index contributed by atoms with van der Waals surface area (Å²) in [5, 5.41) is 0. The molecule has 0 radical (unpaired) electrons. The van der Waals surface area contributed by atoms with E-state index >= 15 is 0 Å². The average Bonchev–Trinajstić information content (AvgIpc) is 3.17. The number of nitrogens with zero attached hydrogens (tertiary/aromatic N) is 2. The fourth-order valence-corrected chi connectivity index (χ4v) is 2.55. The normalized spacial score (nSPS) is 10.6. The van der Waals surface area contributed by atoms with Gasteiger partial charge in [0.15, 0.2) is 23.2 Å². The summed E-state index contributed by atoms with van der Waals surface area (Å²) in [5.41, 5.74) is 0.949. The van der Waals surface area contributed by atoms with Crippen molar-refractivity contribution in [3.8, 4) is 17.1 Å². The number of oxazole rings is 1. The number of likely N-dealkylation sites (N-methyl/N-ethyl adjacent to an activating group) is 1. The van der Waals surface area contributed by atoms with Gasteiger partial charge in [0.1, 0.15) is 6.61 Å². The Balaban J connectivity index is 1.43. The van der Waals surface area contributed by atoms with E-state index in [0.29, 0.717) is 24.6 Å². The molecule has 0 bridgehead atoms. The van der Waals surface area contributed by atoms with Crippen LogP contribution in [0.5, 0.6) is 5.75 Å². The van der Waals surface area contributed by atoms with Crippen molar-refractivity contribution >= 4 is 5.91 Å². The molecule has 3 aromatic rings. The molecule has 0 unspecified atom stereocenters. The highest BCUT2D eigenvalue weighted by Crippen LogP contribution is 2.20. The summed E-state index contributed by atoms with van der Waals surface area (Å²) in [7, 11) is 1.69. The molecule has 140 valence electrons. The van der Waals surface area contributed by atoms with E-state index in [1.807, 2.05) is 30.3 Å². The van der Waals surface area contributed by atoms with Crippen LogP contribution in [0.1, 0.15) is 12.3 Å². The number of aryl methyl sites for hydroxylation is 1. The molecule has 1 heterocycles. The van der Waals surface area contributed by atoms with Crippen molar-refractivity contribution in [2.75, 3.05) is 20.2 Å². The van der Waals surface area contributed by atoms with E-state index in [9.17, 15) is 9.18 Å². The zero-order valence-corrected chi connectivity index (χ0v) is 15.1. The van der Waals surface area contributed by atoms with Gasteiger partial charge in [-0.05, 0) is 12.1 Å². The van der Waals surface area contributed by atoms with E-state index in [-0.39, 0.29) is 24.7 Å². The van der Waals surface area contributed by atoms with Crippen LogP contribution in [0.25, 0.3) is 11.3 Å². The van der Waals surface area contributed by atoms with E-state index in [4.69, 9.17) is 9.15 Å². The van der Waals surface area contributed by atoms with Crippen LogP contribution >= 0.6 is 0 Å². The molecule has 0 spiro atoms. The number of aromatic nitrogens is 1. The van der Waals surface area contributed by atoms with Gasteiger partial charge < -0.3 is 14.1 Å². The summed E-state index contributed by atoms with van der Waals surface area (Å²) >= 11 is 0. The fourth-order valence-electron chi connectivity index (χ4n) is 2.55. The first-order valence-electron chi connectivity index (χ1n) is 8.75. The number of para-hydroxylation sites is 1. The number of benzene rings is 2. The van der Waals surface area contributed by atoms with Crippen LogP contribution in [0.4, 0.5) is 4.39 Å². The Hall–Kier alpha value is -3.15. The first-order chi connectivity index (χ1) is 13.1. The highest BCUT2D eigenvalue weighted by Gasteiger charge is 2.12. The number of hydrogen-bond donors (Lipinski definition) is 0. The van der Waals surface area contributed by atoms with Crippen LogP contribution in [-0.2, 0) is 11.2 Å². The summed E-state index contributed by atoms with van der Waals surface area (Å²) in [5.74, 6) is 0.936. The topological polar surface area (TPSA) is 55.6 Å². The highest BCUT2D eigenvalue weighted by atomic mass is 19.1. The quantitative estimate of drug-likeness (QED) is 0.604. The molecule has 0 aliphatic heterocycles. The van der Waals surface area contributed by atoms with E-state index in [1.54, 1.807) is 36.3 Å². The molecule has 6 heteroatoms. The van der Waals surface area contributed by atoms with Crippen LogP contribution in [0.2, 0.25) is 0 Å². The van der Waals surface area contributed by atoms with Crippen LogP contribution in [0.3, 0.4) is 0 Å². The molecular formula is C21H21FN2O3. The Kier molecular flexibility index (Phi) is 6.20. The summed E-state index contributed by atoms with van der Waals surface area (Å²) in [4.78, 5) is 18.0. The highest BCUT2D eigenvalue weighted by molar-refractivity contribution is 5.76. The van der Waals surface area contributed by atoms with E-state index in [2.05, 4.69) is 4.98 Å². The van der Waals surface area contributed by atoms with Gasteiger partial charge in [0.05, 0.1) is 12.7 Å². The lowest BCUT2D eigenvalue weighted by molar-refractivity contribution is -0.130. The maximum absolute atomic E-state index is 13.5. The zero-order valence-electron chi connectivity index (χ0n) is 15.1. The second kappa shape index (κ2) is 8.98. The van der Waals surface area contributed by atoms with Crippen molar-refractivity contribution in [1.82, 2.24) is 9.88 Å². The van der Waals surface area contributed by atoms with Gasteiger partial charge in [0.25, 0.3) is 0 Å². The summed E-state index contributed by atoms with van der Waals surface area (Å²) < 4.78 is 24.6. The van der Waals surface area contributed by atoms with Crippen molar-refractivity contribution < 1.29 is 18.3 Å². The first-order valence-corrected chi connectivity index (χ1v) is 8.75. The van der Waals surface area contributed by atoms with Gasteiger partial charge in [0.2, 0.25) is 5.91 Å². The van der Waals surface area contributed by atoms with Crippen LogP contribution in [-0.4, -0.2) is 36.0 Å². The Bertz CT molecular complexity index is 880. The lowest BCUT2D eigenvalue weighted by Gasteiger charge is -2.17. The molecular weight excluding hydrogens is 347 g/mol. The third-order valence-corrected chi connectivity index (χ3v) is 4.11. The molecule has 27 heavy (non-hydrogen) atoms. The Morgan fingerprint density at radius 3 is 2.67 bits per heavy atom. The number of hydrogen-bond acceptors (Lipinski definition) is 4. The second-order valence-corrected chi connectivity index (χ2v) is 6.08. The van der Waals surface area contributed by atoms with Gasteiger partial charge in [-0.15, -0.1) is 0 Å². The smallest absolute Gasteiger partial charge is 0.222 e. The molecule has 2 aromatic carbocycles. The Morgan fingerprint density at radius 1 is 1.15 bits per heavy atom. The summed E-state index contributed by atoms with van der Waals surface area (Å²) in [6.45, 7) is 0.592. The number of ether oxygens (including phenoxy) is 1. The Labute approximate surface area is 157 Å². The fraction of sp³-hybridized carbons (Fsp3) is 0.238. The third kappa shape index (κ3) is 5.17. The van der Waals surface area contributed by atoms with Gasteiger partial charge in [-0.1, -0.05) is 42.5 Å². The van der Waals surface area contributed by atoms with Gasteiger partial charge in [-0.3, -0.25) is 4.79 Å². The number of amides is 1. The Morgan fingerprint density at radius 2 is 1.89 bits per heavy atom. The maximum atomic E-state index is 13.5. The van der Waals surface area contributed by atoms with Crippen LogP contribution in [0.15, 0.2) is 65.2 Å². The summed E-state index contributed by atoms with van der Waals surface area (Å²) in [6, 6.07) is 15.9. The lowest BCUT2D eigenvalue weighted by atomic mass is 10.2. The predicted octanol–water partition coefficient (Wildman–Crippen LogP) is 3.95. The molecule has 0 saturated carbocycles. The average molecular weight is 368 g/mol. The van der Waals surface area contributed by atoms with Crippen molar-refractivity contribution in [1.29, 1.82) is 0 Å². The number of carbonyl (C=O) groups is 1. The minimum absolute atomic E-state index is 0.0494. The minimum atomic E-state index is -0.412. The molecule has 3 rings (SSSR count). The molecule has 0 fully saturated rings. The first kappa shape index (κ1) is 18.6. The van der Waals surface area contributed by atoms with Gasteiger partial charge >= 0.3 is 0 Å². The van der Waals surface area contributed by atoms with Crippen molar-refractivity contribution in [3.63, 3.8) is 0 Å². The van der Waals surface area contributed by atoms with Crippen LogP contribution in [0, 0.1) is 5.82 Å². The minimum Gasteiger partial charge on any atom is -0.489 e. The molecule has 0 saturated heterocycles. The van der Waals surface area contributed by atoms with E-state index < -0.39 is 5.82 Å². The van der Waals surface area contributed by atoms with Crippen LogP contribution < -0.4 is 4.74 Å². The van der Waals surface area contributed by atoms with Gasteiger partial charge in [0, 0.05) is 25.5 Å². The molecule has 0 aliphatic carbocycles. The monoisotopic (exact) mass is 368 g/mol. The number of carbonyl (C=O) groups excluding carboxylic acids is 1. The van der Waals surface area contributed by atoms with Gasteiger partial charge in [-0.2, -0.15) is 0 Å². The van der Waals surface area contributed by atoms with Crippen molar-refractivity contribution in [3.05, 3.63) is 72.5 Å². The molecule has 5 nitrogen and oxygen atoms in total. The molecule has 0 N–H and O–H groups in total. The summed E-state index contributed by atoms with van der Waals surface area (Å²) in [6.07, 6.45) is 2.37.